The number of carbonyl (C=O) groups excluding carboxylic acids is 2. The summed E-state index contributed by atoms with van der Waals surface area (Å²) in [5.41, 5.74) is 0. The number of nitrogens with zero attached hydrogens (tertiary/aromatic N) is 1. The third-order valence-corrected chi connectivity index (χ3v) is 3.14. The first-order valence-electron chi connectivity index (χ1n) is 6.81. The van der Waals surface area contributed by atoms with E-state index in [4.69, 9.17) is 9.15 Å². The van der Waals surface area contributed by atoms with Gasteiger partial charge < -0.3 is 19.4 Å². The minimum Gasteiger partial charge on any atom is -0.459 e. The summed E-state index contributed by atoms with van der Waals surface area (Å²) in [5, 5.41) is 2.67. The van der Waals surface area contributed by atoms with Crippen molar-refractivity contribution in [2.45, 2.75) is 32.5 Å². The fraction of sp³-hybridized carbons (Fsp3) is 0.571. The summed E-state index contributed by atoms with van der Waals surface area (Å²) in [5.74, 6) is -0.00988. The molecular formula is C14H20N2O4. The lowest BCUT2D eigenvalue weighted by molar-refractivity contribution is -0.143. The molecule has 0 radical (unpaired) electrons. The molecule has 6 nitrogen and oxygen atoms in total. The minimum absolute atomic E-state index is 0.0340. The summed E-state index contributed by atoms with van der Waals surface area (Å²) in [6.07, 6.45) is 1.84. The first-order valence-corrected chi connectivity index (χ1v) is 6.81. The van der Waals surface area contributed by atoms with Crippen LogP contribution in [0.4, 0.5) is 0 Å². The topological polar surface area (TPSA) is 71.8 Å². The van der Waals surface area contributed by atoms with E-state index in [0.717, 1.165) is 0 Å². The maximum absolute atomic E-state index is 12.1. The molecular weight excluding hydrogens is 260 g/mol. The molecule has 20 heavy (non-hydrogen) atoms. The van der Waals surface area contributed by atoms with E-state index in [1.165, 1.54) is 6.26 Å². The van der Waals surface area contributed by atoms with Crippen LogP contribution < -0.4 is 5.32 Å². The number of carbonyl (C=O) groups is 2. The van der Waals surface area contributed by atoms with Crippen molar-refractivity contribution in [2.24, 2.45) is 0 Å². The number of nitrogens with one attached hydrogen (secondary N) is 1. The SMILES string of the molecule is C[C@H]1CN(C(=O)CCNC(=O)c2ccco2)C[C@H](C)O1. The summed E-state index contributed by atoms with van der Waals surface area (Å²) in [4.78, 5) is 25.5. The van der Waals surface area contributed by atoms with Crippen LogP contribution in [0, 0.1) is 0 Å². The van der Waals surface area contributed by atoms with Crippen LogP contribution in [0.2, 0.25) is 0 Å². The summed E-state index contributed by atoms with van der Waals surface area (Å²) in [7, 11) is 0. The number of amides is 2. The standard InChI is InChI=1S/C14H20N2O4/c1-10-8-16(9-11(2)20-10)13(17)5-6-15-14(18)12-4-3-7-19-12/h3-4,7,10-11H,5-6,8-9H2,1-2H3,(H,15,18)/t10-,11-/m0/s1. The van der Waals surface area contributed by atoms with Gasteiger partial charge in [-0.2, -0.15) is 0 Å². The Morgan fingerprint density at radius 3 is 2.65 bits per heavy atom. The van der Waals surface area contributed by atoms with Crippen LogP contribution in [-0.2, 0) is 9.53 Å². The molecule has 1 N–H and O–H groups in total. The van der Waals surface area contributed by atoms with Gasteiger partial charge in [-0.05, 0) is 26.0 Å². The molecule has 1 aromatic rings. The van der Waals surface area contributed by atoms with Crippen LogP contribution in [0.1, 0.15) is 30.8 Å². The summed E-state index contributed by atoms with van der Waals surface area (Å²) < 4.78 is 10.6. The van der Waals surface area contributed by atoms with Gasteiger partial charge in [0.1, 0.15) is 0 Å². The van der Waals surface area contributed by atoms with Crippen molar-refractivity contribution >= 4 is 11.8 Å². The highest BCUT2D eigenvalue weighted by Gasteiger charge is 2.25. The Balaban J connectivity index is 1.73. The Bertz CT molecular complexity index is 448. The van der Waals surface area contributed by atoms with Gasteiger partial charge in [0, 0.05) is 26.1 Å². The third kappa shape index (κ3) is 3.84. The smallest absolute Gasteiger partial charge is 0.286 e. The number of rotatable bonds is 4. The van der Waals surface area contributed by atoms with E-state index < -0.39 is 0 Å². The maximum Gasteiger partial charge on any atom is 0.286 e. The predicted molar refractivity (Wildman–Crippen MR) is 72.2 cm³/mol. The molecule has 0 spiro atoms. The second-order valence-electron chi connectivity index (χ2n) is 5.04. The van der Waals surface area contributed by atoms with E-state index in [-0.39, 0.29) is 36.2 Å². The van der Waals surface area contributed by atoms with Crippen LogP contribution in [-0.4, -0.2) is 48.6 Å². The Hall–Kier alpha value is -1.82. The highest BCUT2D eigenvalue weighted by molar-refractivity contribution is 5.91. The molecule has 2 atom stereocenters. The van der Waals surface area contributed by atoms with E-state index in [1.807, 2.05) is 13.8 Å². The zero-order valence-corrected chi connectivity index (χ0v) is 11.8. The van der Waals surface area contributed by atoms with Gasteiger partial charge in [-0.15, -0.1) is 0 Å². The van der Waals surface area contributed by atoms with E-state index >= 15 is 0 Å². The summed E-state index contributed by atoms with van der Waals surface area (Å²) >= 11 is 0. The average Bonchev–Trinajstić information content (AvgIpc) is 2.91. The van der Waals surface area contributed by atoms with Gasteiger partial charge in [0.05, 0.1) is 18.5 Å². The average molecular weight is 280 g/mol. The van der Waals surface area contributed by atoms with E-state index in [9.17, 15) is 9.59 Å². The number of hydrogen-bond acceptors (Lipinski definition) is 4. The van der Waals surface area contributed by atoms with Gasteiger partial charge in [-0.25, -0.2) is 0 Å². The Morgan fingerprint density at radius 2 is 2.05 bits per heavy atom. The molecule has 1 aliphatic heterocycles. The monoisotopic (exact) mass is 280 g/mol. The molecule has 2 rings (SSSR count). The molecule has 1 aliphatic rings. The molecule has 0 bridgehead atoms. The van der Waals surface area contributed by atoms with Crippen LogP contribution in [0.5, 0.6) is 0 Å². The van der Waals surface area contributed by atoms with E-state index in [0.29, 0.717) is 19.6 Å². The van der Waals surface area contributed by atoms with Crippen LogP contribution >= 0.6 is 0 Å². The molecule has 1 aromatic heterocycles. The summed E-state index contributed by atoms with van der Waals surface area (Å²) in [6, 6.07) is 3.24. The number of furan rings is 1. The summed E-state index contributed by atoms with van der Waals surface area (Å²) in [6.45, 7) is 5.42. The maximum atomic E-state index is 12.1. The molecule has 0 unspecified atom stereocenters. The Morgan fingerprint density at radius 1 is 1.35 bits per heavy atom. The van der Waals surface area contributed by atoms with Crippen molar-refractivity contribution in [3.05, 3.63) is 24.2 Å². The fourth-order valence-electron chi connectivity index (χ4n) is 2.32. The zero-order chi connectivity index (χ0) is 14.5. The quantitative estimate of drug-likeness (QED) is 0.894. The second-order valence-corrected chi connectivity index (χ2v) is 5.04. The first-order chi connectivity index (χ1) is 9.56. The lowest BCUT2D eigenvalue weighted by Gasteiger charge is -2.35. The number of hydrogen-bond donors (Lipinski definition) is 1. The van der Waals surface area contributed by atoms with Gasteiger partial charge in [0.15, 0.2) is 5.76 Å². The van der Waals surface area contributed by atoms with Crippen molar-refractivity contribution in [3.8, 4) is 0 Å². The third-order valence-electron chi connectivity index (χ3n) is 3.14. The fourth-order valence-corrected chi connectivity index (χ4v) is 2.32. The molecule has 1 fully saturated rings. The molecule has 2 heterocycles. The predicted octanol–water partition coefficient (Wildman–Crippen LogP) is 1.04. The van der Waals surface area contributed by atoms with Gasteiger partial charge in [0.25, 0.3) is 5.91 Å². The normalized spacial score (nSPS) is 22.6. The van der Waals surface area contributed by atoms with Crippen LogP contribution in [0.25, 0.3) is 0 Å². The molecule has 0 aliphatic carbocycles. The highest BCUT2D eigenvalue weighted by Crippen LogP contribution is 2.11. The van der Waals surface area contributed by atoms with Crippen molar-refractivity contribution < 1.29 is 18.7 Å². The molecule has 6 heteroatoms. The lowest BCUT2D eigenvalue weighted by atomic mass is 10.2. The first kappa shape index (κ1) is 14.6. The molecule has 1 saturated heterocycles. The van der Waals surface area contributed by atoms with Gasteiger partial charge in [0.2, 0.25) is 5.91 Å². The Labute approximate surface area is 118 Å². The van der Waals surface area contributed by atoms with Crippen molar-refractivity contribution in [3.63, 3.8) is 0 Å². The van der Waals surface area contributed by atoms with Gasteiger partial charge in [-0.3, -0.25) is 9.59 Å². The van der Waals surface area contributed by atoms with E-state index in [2.05, 4.69) is 5.32 Å². The molecule has 0 aromatic carbocycles. The minimum atomic E-state index is -0.300. The van der Waals surface area contributed by atoms with Crippen LogP contribution in [0.15, 0.2) is 22.8 Å². The number of morpholine rings is 1. The lowest BCUT2D eigenvalue weighted by Crippen LogP contribution is -2.48. The van der Waals surface area contributed by atoms with Crippen LogP contribution in [0.3, 0.4) is 0 Å². The number of ether oxygens (including phenoxy) is 1. The second kappa shape index (κ2) is 6.56. The Kier molecular flexibility index (Phi) is 4.79. The van der Waals surface area contributed by atoms with Crippen molar-refractivity contribution in [1.82, 2.24) is 10.2 Å². The van der Waals surface area contributed by atoms with Gasteiger partial charge >= 0.3 is 0 Å². The van der Waals surface area contributed by atoms with Gasteiger partial charge in [-0.1, -0.05) is 0 Å². The van der Waals surface area contributed by atoms with E-state index in [1.54, 1.807) is 17.0 Å². The largest absolute Gasteiger partial charge is 0.459 e. The van der Waals surface area contributed by atoms with Crippen molar-refractivity contribution in [1.29, 1.82) is 0 Å². The molecule has 2 amide bonds. The highest BCUT2D eigenvalue weighted by atomic mass is 16.5. The zero-order valence-electron chi connectivity index (χ0n) is 11.8. The molecule has 110 valence electrons. The van der Waals surface area contributed by atoms with Crippen molar-refractivity contribution in [2.75, 3.05) is 19.6 Å². The molecule has 0 saturated carbocycles.